The zero-order chi connectivity index (χ0) is 12.5. The maximum absolute atomic E-state index is 12.2. The Morgan fingerprint density at radius 2 is 2.00 bits per heavy atom. The Labute approximate surface area is 104 Å². The Morgan fingerprint density at radius 3 is 2.83 bits per heavy atom. The van der Waals surface area contributed by atoms with Gasteiger partial charge in [-0.2, -0.15) is 0 Å². The summed E-state index contributed by atoms with van der Waals surface area (Å²) in [7, 11) is 0. The molecule has 0 atom stereocenters. The van der Waals surface area contributed by atoms with E-state index in [4.69, 9.17) is 9.15 Å². The van der Waals surface area contributed by atoms with Crippen molar-refractivity contribution in [2.45, 2.75) is 6.92 Å². The minimum Gasteiger partial charge on any atom is -0.490 e. The summed E-state index contributed by atoms with van der Waals surface area (Å²) in [6.07, 6.45) is 0. The van der Waals surface area contributed by atoms with Crippen molar-refractivity contribution in [3.05, 3.63) is 52.7 Å². The van der Waals surface area contributed by atoms with Crippen molar-refractivity contribution in [2.24, 2.45) is 0 Å². The van der Waals surface area contributed by atoms with Crippen molar-refractivity contribution >= 4 is 11.0 Å². The lowest BCUT2D eigenvalue weighted by Crippen LogP contribution is -2.10. The molecule has 0 radical (unpaired) electrons. The zero-order valence-corrected chi connectivity index (χ0v) is 9.97. The third-order valence-corrected chi connectivity index (χ3v) is 2.86. The van der Waals surface area contributed by atoms with E-state index in [0.29, 0.717) is 23.7 Å². The molecule has 0 aromatic heterocycles. The molecule has 0 unspecified atom stereocenters. The van der Waals surface area contributed by atoms with E-state index in [0.717, 1.165) is 11.0 Å². The van der Waals surface area contributed by atoms with E-state index in [1.165, 1.54) is 0 Å². The smallest absolute Gasteiger partial charge is 0.231 e. The highest BCUT2D eigenvalue weighted by Crippen LogP contribution is 2.27. The predicted octanol–water partition coefficient (Wildman–Crippen LogP) is 3.30. The van der Waals surface area contributed by atoms with Crippen LogP contribution in [-0.4, -0.2) is 6.61 Å². The Morgan fingerprint density at radius 1 is 1.17 bits per heavy atom. The van der Waals surface area contributed by atoms with E-state index >= 15 is 0 Å². The first-order valence-electron chi connectivity index (χ1n) is 5.88. The molecule has 3 heteroatoms. The van der Waals surface area contributed by atoms with Crippen LogP contribution in [0.4, 0.5) is 0 Å². The third kappa shape index (κ3) is 1.64. The first-order valence-corrected chi connectivity index (χ1v) is 5.88. The molecule has 1 aromatic carbocycles. The lowest BCUT2D eigenvalue weighted by Gasteiger charge is -2.08. The summed E-state index contributed by atoms with van der Waals surface area (Å²) in [5.74, 6) is 0.956. The quantitative estimate of drug-likeness (QED) is 0.645. The Balaban J connectivity index is 2.34. The highest BCUT2D eigenvalue weighted by Gasteiger charge is 2.14. The molecule has 0 amide bonds. The van der Waals surface area contributed by atoms with E-state index in [9.17, 15) is 4.79 Å². The molecule has 3 nitrogen and oxygen atoms in total. The predicted molar refractivity (Wildman–Crippen MR) is 70.3 cm³/mol. The van der Waals surface area contributed by atoms with Crippen LogP contribution in [0.5, 0.6) is 5.75 Å². The average molecular weight is 240 g/mol. The molecule has 0 bridgehead atoms. The minimum absolute atomic E-state index is 0.121. The summed E-state index contributed by atoms with van der Waals surface area (Å²) in [6, 6.07) is 12.9. The van der Waals surface area contributed by atoms with Gasteiger partial charge in [-0.05, 0) is 31.2 Å². The van der Waals surface area contributed by atoms with Crippen molar-refractivity contribution in [3.63, 3.8) is 0 Å². The number of rotatable bonds is 2. The largest absolute Gasteiger partial charge is 0.490 e. The normalized spacial score (nSPS) is 10.9. The fraction of sp³-hybridized carbons (Fsp3) is 0.133. The van der Waals surface area contributed by atoms with E-state index < -0.39 is 0 Å². The van der Waals surface area contributed by atoms with Gasteiger partial charge in [0.2, 0.25) is 5.43 Å². The van der Waals surface area contributed by atoms with Crippen molar-refractivity contribution < 1.29 is 9.15 Å². The van der Waals surface area contributed by atoms with E-state index in [2.05, 4.69) is 0 Å². The van der Waals surface area contributed by atoms with Crippen molar-refractivity contribution in [1.82, 2.24) is 0 Å². The second-order valence-corrected chi connectivity index (χ2v) is 4.02. The molecule has 1 aliphatic carbocycles. The molecule has 0 fully saturated rings. The topological polar surface area (TPSA) is 39.4 Å². The number of hydrogen-bond acceptors (Lipinski definition) is 3. The molecule has 90 valence electrons. The van der Waals surface area contributed by atoms with Gasteiger partial charge in [-0.1, -0.05) is 18.2 Å². The molecule has 0 saturated carbocycles. The number of ether oxygens (including phenoxy) is 1. The Kier molecular flexibility index (Phi) is 2.52. The van der Waals surface area contributed by atoms with Gasteiger partial charge in [0.25, 0.3) is 0 Å². The van der Waals surface area contributed by atoms with Crippen molar-refractivity contribution in [3.8, 4) is 17.1 Å². The summed E-state index contributed by atoms with van der Waals surface area (Å²) >= 11 is 0. The van der Waals surface area contributed by atoms with Crippen LogP contribution in [0.15, 0.2) is 51.7 Å². The second-order valence-electron chi connectivity index (χ2n) is 4.02. The minimum atomic E-state index is -0.121. The monoisotopic (exact) mass is 240 g/mol. The van der Waals surface area contributed by atoms with Crippen LogP contribution in [0.3, 0.4) is 0 Å². The number of para-hydroxylation sites is 1. The molecule has 1 aromatic rings. The molecule has 0 spiro atoms. The van der Waals surface area contributed by atoms with Crippen LogP contribution in [-0.2, 0) is 0 Å². The summed E-state index contributed by atoms with van der Waals surface area (Å²) < 4.78 is 11.0. The summed E-state index contributed by atoms with van der Waals surface area (Å²) in [4.78, 5) is 12.2. The molecule has 0 N–H and O–H groups in total. The fourth-order valence-corrected chi connectivity index (χ4v) is 2.02. The van der Waals surface area contributed by atoms with Crippen LogP contribution >= 0.6 is 0 Å². The maximum Gasteiger partial charge on any atom is 0.231 e. The Bertz CT molecular complexity index is 727. The second kappa shape index (κ2) is 4.18. The third-order valence-electron chi connectivity index (χ3n) is 2.86. The highest BCUT2D eigenvalue weighted by molar-refractivity contribution is 5.83. The number of fused-ring (bicyclic) bond motifs is 2. The van der Waals surface area contributed by atoms with Gasteiger partial charge >= 0.3 is 0 Å². The lowest BCUT2D eigenvalue weighted by atomic mass is 10.1. The zero-order valence-electron chi connectivity index (χ0n) is 9.97. The molecular weight excluding hydrogens is 228 g/mol. The van der Waals surface area contributed by atoms with Gasteiger partial charge in [0.15, 0.2) is 5.75 Å². The fourth-order valence-electron chi connectivity index (χ4n) is 2.02. The van der Waals surface area contributed by atoms with Crippen molar-refractivity contribution in [2.75, 3.05) is 6.61 Å². The summed E-state index contributed by atoms with van der Waals surface area (Å²) in [5, 5.41) is 0.913. The van der Waals surface area contributed by atoms with Gasteiger partial charge in [0, 0.05) is 5.39 Å². The Hall–Kier alpha value is -2.29. The van der Waals surface area contributed by atoms with Crippen LogP contribution in [0.1, 0.15) is 6.92 Å². The van der Waals surface area contributed by atoms with Gasteiger partial charge in [0.1, 0.15) is 11.3 Å². The molecule has 1 aliphatic heterocycles. The average Bonchev–Trinajstić information content (AvgIpc) is 2.41. The molecule has 0 saturated heterocycles. The summed E-state index contributed by atoms with van der Waals surface area (Å²) in [5.41, 5.74) is 1.21. The van der Waals surface area contributed by atoms with E-state index in [1.54, 1.807) is 12.1 Å². The molecule has 3 rings (SSSR count). The van der Waals surface area contributed by atoms with Crippen LogP contribution in [0, 0.1) is 0 Å². The molecular formula is C15H12O3. The molecule has 18 heavy (non-hydrogen) atoms. The highest BCUT2D eigenvalue weighted by atomic mass is 16.5. The van der Waals surface area contributed by atoms with Gasteiger partial charge in [-0.15, -0.1) is 0 Å². The van der Waals surface area contributed by atoms with Gasteiger partial charge in [-0.25, -0.2) is 0 Å². The van der Waals surface area contributed by atoms with Gasteiger partial charge in [0.05, 0.1) is 12.2 Å². The molecule has 2 aliphatic rings. The summed E-state index contributed by atoms with van der Waals surface area (Å²) in [6.45, 7) is 2.33. The first kappa shape index (κ1) is 10.8. The van der Waals surface area contributed by atoms with E-state index in [1.807, 2.05) is 37.3 Å². The maximum atomic E-state index is 12.2. The standard InChI is InChI=1S/C15H12O3/c1-2-17-14-8-7-13-11(15(14)16)9-10-5-3-4-6-12(10)18-13/h3-9H,2H2,1H3. The van der Waals surface area contributed by atoms with Crippen molar-refractivity contribution in [1.29, 1.82) is 0 Å². The number of hydrogen-bond donors (Lipinski definition) is 0. The van der Waals surface area contributed by atoms with E-state index in [-0.39, 0.29) is 5.43 Å². The molecule has 1 heterocycles. The van der Waals surface area contributed by atoms with Crippen LogP contribution in [0.2, 0.25) is 0 Å². The van der Waals surface area contributed by atoms with Gasteiger partial charge < -0.3 is 9.15 Å². The number of benzene rings is 2. The SMILES string of the molecule is CCOc1ccc2oc3ccccc3cc-2c1=O. The first-order chi connectivity index (χ1) is 8.79. The van der Waals surface area contributed by atoms with Gasteiger partial charge in [-0.3, -0.25) is 4.79 Å². The van der Waals surface area contributed by atoms with Crippen LogP contribution < -0.4 is 10.2 Å². The lowest BCUT2D eigenvalue weighted by molar-refractivity contribution is 0.337. The van der Waals surface area contributed by atoms with Crippen LogP contribution in [0.25, 0.3) is 22.3 Å².